The van der Waals surface area contributed by atoms with Crippen LogP contribution in [0.25, 0.3) is 6.08 Å². The number of rotatable bonds is 8. The number of nitriles is 1. The Morgan fingerprint density at radius 1 is 1.33 bits per heavy atom. The van der Waals surface area contributed by atoms with E-state index in [4.69, 9.17) is 14.2 Å². The first kappa shape index (κ1) is 23.7. The number of halogens is 1. The first-order chi connectivity index (χ1) is 14.4. The van der Waals surface area contributed by atoms with E-state index in [2.05, 4.69) is 28.2 Å². The van der Waals surface area contributed by atoms with E-state index < -0.39 is 5.97 Å². The highest BCUT2D eigenvalue weighted by Gasteiger charge is 2.24. The smallest absolute Gasteiger partial charge is 0.344 e. The minimum atomic E-state index is -0.490. The van der Waals surface area contributed by atoms with Crippen molar-refractivity contribution >= 4 is 33.9 Å². The molecule has 1 aromatic carbocycles. The van der Waals surface area contributed by atoms with Gasteiger partial charge in [-0.05, 0) is 65.4 Å². The zero-order chi connectivity index (χ0) is 22.1. The molecule has 8 heteroatoms. The van der Waals surface area contributed by atoms with Gasteiger partial charge < -0.3 is 19.5 Å². The van der Waals surface area contributed by atoms with Crippen molar-refractivity contribution in [3.63, 3.8) is 0 Å². The van der Waals surface area contributed by atoms with Gasteiger partial charge in [0.25, 0.3) is 5.91 Å². The SMILES string of the molecule is CCOC(=O)COc1c(Br)cc(/C=C(\C#N)C(=O)N[C@@H]2CCCC[C@@H]2C)cc1OC. The zero-order valence-corrected chi connectivity index (χ0v) is 19.1. The molecule has 2 rings (SSSR count). The molecule has 0 bridgehead atoms. The molecule has 2 atom stereocenters. The van der Waals surface area contributed by atoms with Crippen LogP contribution in [0.1, 0.15) is 45.1 Å². The number of carbonyl (C=O) groups excluding carboxylic acids is 2. The summed E-state index contributed by atoms with van der Waals surface area (Å²) in [5.74, 6) is 0.220. The molecule has 0 unspecified atom stereocenters. The molecular formula is C22H27BrN2O5. The van der Waals surface area contributed by atoms with E-state index in [1.54, 1.807) is 19.1 Å². The average molecular weight is 479 g/mol. The Morgan fingerprint density at radius 3 is 2.70 bits per heavy atom. The van der Waals surface area contributed by atoms with Crippen LogP contribution in [-0.2, 0) is 14.3 Å². The summed E-state index contributed by atoms with van der Waals surface area (Å²) >= 11 is 3.39. The maximum Gasteiger partial charge on any atom is 0.344 e. The van der Waals surface area contributed by atoms with Gasteiger partial charge in [0, 0.05) is 6.04 Å². The van der Waals surface area contributed by atoms with E-state index in [0.717, 1.165) is 19.3 Å². The molecule has 1 amide bonds. The van der Waals surface area contributed by atoms with Crippen molar-refractivity contribution in [1.82, 2.24) is 5.32 Å². The molecule has 0 spiro atoms. The standard InChI is InChI=1S/C22H27BrN2O5/c1-4-29-20(26)13-30-21-17(23)10-15(11-19(21)28-3)9-16(12-24)22(27)25-18-8-6-5-7-14(18)2/h9-11,14,18H,4-8,13H2,1-3H3,(H,25,27)/b16-9+/t14-,18+/m0/s1. The molecule has 1 N–H and O–H groups in total. The van der Waals surface area contributed by atoms with Crippen molar-refractivity contribution in [1.29, 1.82) is 5.26 Å². The van der Waals surface area contributed by atoms with Crippen LogP contribution in [-0.4, -0.2) is 38.2 Å². The fourth-order valence-corrected chi connectivity index (χ4v) is 3.96. The molecule has 30 heavy (non-hydrogen) atoms. The number of carbonyl (C=O) groups is 2. The molecule has 1 aliphatic rings. The summed E-state index contributed by atoms with van der Waals surface area (Å²) in [4.78, 5) is 24.2. The van der Waals surface area contributed by atoms with Gasteiger partial charge in [-0.3, -0.25) is 4.79 Å². The Balaban J connectivity index is 2.19. The van der Waals surface area contributed by atoms with Crippen molar-refractivity contribution in [3.8, 4) is 17.6 Å². The number of nitrogens with zero attached hydrogens (tertiary/aromatic N) is 1. The Bertz CT molecular complexity index is 847. The molecule has 1 saturated carbocycles. The first-order valence-corrected chi connectivity index (χ1v) is 10.8. The second-order valence-corrected chi connectivity index (χ2v) is 7.99. The Kier molecular flexibility index (Phi) is 9.18. The van der Waals surface area contributed by atoms with E-state index in [9.17, 15) is 14.9 Å². The molecule has 1 aromatic rings. The van der Waals surface area contributed by atoms with Gasteiger partial charge in [0.1, 0.15) is 11.6 Å². The summed E-state index contributed by atoms with van der Waals surface area (Å²) in [6, 6.07) is 5.40. The quantitative estimate of drug-likeness (QED) is 0.344. The van der Waals surface area contributed by atoms with Gasteiger partial charge in [-0.15, -0.1) is 0 Å². The number of ether oxygens (including phenoxy) is 3. The predicted molar refractivity (Wildman–Crippen MR) is 116 cm³/mol. The van der Waals surface area contributed by atoms with Gasteiger partial charge in [0.15, 0.2) is 18.1 Å². The van der Waals surface area contributed by atoms with Gasteiger partial charge in [0.05, 0.1) is 18.2 Å². The van der Waals surface area contributed by atoms with Crippen molar-refractivity contribution in [3.05, 3.63) is 27.7 Å². The Morgan fingerprint density at radius 2 is 2.07 bits per heavy atom. The van der Waals surface area contributed by atoms with Crippen molar-refractivity contribution in [2.24, 2.45) is 5.92 Å². The van der Waals surface area contributed by atoms with Gasteiger partial charge in [-0.2, -0.15) is 5.26 Å². The van der Waals surface area contributed by atoms with Gasteiger partial charge in [0.2, 0.25) is 0 Å². The maximum absolute atomic E-state index is 12.6. The summed E-state index contributed by atoms with van der Waals surface area (Å²) in [7, 11) is 1.47. The lowest BCUT2D eigenvalue weighted by Gasteiger charge is -2.29. The molecule has 1 aliphatic carbocycles. The second kappa shape index (κ2) is 11.6. The lowest BCUT2D eigenvalue weighted by atomic mass is 9.86. The molecule has 0 radical (unpaired) electrons. The van der Waals surface area contributed by atoms with E-state index in [1.165, 1.54) is 19.6 Å². The van der Waals surface area contributed by atoms with Crippen molar-refractivity contribution < 1.29 is 23.8 Å². The van der Waals surface area contributed by atoms with Crippen LogP contribution in [0.15, 0.2) is 22.2 Å². The van der Waals surface area contributed by atoms with Crippen LogP contribution in [0, 0.1) is 17.2 Å². The molecule has 7 nitrogen and oxygen atoms in total. The summed E-state index contributed by atoms with van der Waals surface area (Å²) < 4.78 is 16.2. The number of methoxy groups -OCH3 is 1. The molecule has 0 aromatic heterocycles. The number of amides is 1. The number of hydrogen-bond acceptors (Lipinski definition) is 6. The number of esters is 1. The average Bonchev–Trinajstić information content (AvgIpc) is 2.72. The Hall–Kier alpha value is -2.53. The van der Waals surface area contributed by atoms with Crippen LogP contribution in [0.2, 0.25) is 0 Å². The topological polar surface area (TPSA) is 97.7 Å². The molecule has 0 saturated heterocycles. The molecule has 0 aliphatic heterocycles. The second-order valence-electron chi connectivity index (χ2n) is 7.14. The van der Waals surface area contributed by atoms with Gasteiger partial charge >= 0.3 is 5.97 Å². The summed E-state index contributed by atoms with van der Waals surface area (Å²) in [5, 5.41) is 12.5. The highest BCUT2D eigenvalue weighted by atomic mass is 79.9. The van der Waals surface area contributed by atoms with Crippen LogP contribution in [0.4, 0.5) is 0 Å². The predicted octanol–water partition coefficient (Wildman–Crippen LogP) is 4.00. The zero-order valence-electron chi connectivity index (χ0n) is 17.5. The van der Waals surface area contributed by atoms with Crippen LogP contribution in [0.3, 0.4) is 0 Å². The lowest BCUT2D eigenvalue weighted by molar-refractivity contribution is -0.145. The summed E-state index contributed by atoms with van der Waals surface area (Å²) in [6.07, 6.45) is 5.77. The fourth-order valence-electron chi connectivity index (χ4n) is 3.39. The molecular weight excluding hydrogens is 452 g/mol. The van der Waals surface area contributed by atoms with E-state index >= 15 is 0 Å². The summed E-state index contributed by atoms with van der Waals surface area (Å²) in [5.41, 5.74) is 0.604. The maximum atomic E-state index is 12.6. The third-order valence-electron chi connectivity index (χ3n) is 5.00. The first-order valence-electron chi connectivity index (χ1n) is 9.98. The number of nitrogens with one attached hydrogen (secondary N) is 1. The lowest BCUT2D eigenvalue weighted by Crippen LogP contribution is -2.41. The third-order valence-corrected chi connectivity index (χ3v) is 5.58. The van der Waals surface area contributed by atoms with Crippen LogP contribution >= 0.6 is 15.9 Å². The van der Waals surface area contributed by atoms with Gasteiger partial charge in [-0.25, -0.2) is 4.79 Å². The van der Waals surface area contributed by atoms with Crippen LogP contribution < -0.4 is 14.8 Å². The molecule has 1 fully saturated rings. The minimum Gasteiger partial charge on any atom is -0.493 e. The van der Waals surface area contributed by atoms with Crippen molar-refractivity contribution in [2.45, 2.75) is 45.6 Å². The van der Waals surface area contributed by atoms with Gasteiger partial charge in [-0.1, -0.05) is 19.8 Å². The fraction of sp³-hybridized carbons (Fsp3) is 0.500. The third kappa shape index (κ3) is 6.49. The molecule has 0 heterocycles. The van der Waals surface area contributed by atoms with Crippen molar-refractivity contribution in [2.75, 3.05) is 20.3 Å². The minimum absolute atomic E-state index is 0.0157. The van der Waals surface area contributed by atoms with Crippen LogP contribution in [0.5, 0.6) is 11.5 Å². The van der Waals surface area contributed by atoms with E-state index in [-0.39, 0.29) is 30.7 Å². The highest BCUT2D eigenvalue weighted by molar-refractivity contribution is 9.10. The van der Waals surface area contributed by atoms with E-state index in [0.29, 0.717) is 27.5 Å². The number of benzene rings is 1. The normalized spacial score (nSPS) is 18.8. The monoisotopic (exact) mass is 478 g/mol. The summed E-state index contributed by atoms with van der Waals surface area (Å²) in [6.45, 7) is 3.84. The highest BCUT2D eigenvalue weighted by Crippen LogP contribution is 2.37. The van der Waals surface area contributed by atoms with E-state index in [1.807, 2.05) is 6.07 Å². The Labute approximate surface area is 185 Å². The largest absolute Gasteiger partial charge is 0.493 e. The number of hydrogen-bond donors (Lipinski definition) is 1. The molecule has 162 valence electrons.